The molecule has 1 rings (SSSR count). The molecule has 0 fully saturated rings. The molecule has 0 atom stereocenters. The summed E-state index contributed by atoms with van der Waals surface area (Å²) in [4.78, 5) is 10.2. The van der Waals surface area contributed by atoms with Crippen LogP contribution in [0.4, 0.5) is 5.69 Å². The van der Waals surface area contributed by atoms with Gasteiger partial charge in [-0.25, -0.2) is 0 Å². The standard InChI is InChI=1S/C11H9ClN2O3/c1-8(5-12)7-17-11-3-2-9(6-13)4-10(11)14(15)16/h2-5H,7H2,1H3/b8-5-. The lowest BCUT2D eigenvalue weighted by molar-refractivity contribution is -0.385. The highest BCUT2D eigenvalue weighted by Gasteiger charge is 2.15. The minimum atomic E-state index is -0.587. The van der Waals surface area contributed by atoms with Gasteiger partial charge in [-0.05, 0) is 24.6 Å². The highest BCUT2D eigenvalue weighted by Crippen LogP contribution is 2.28. The summed E-state index contributed by atoms with van der Waals surface area (Å²) in [7, 11) is 0. The Morgan fingerprint density at radius 3 is 2.94 bits per heavy atom. The minimum Gasteiger partial charge on any atom is -0.482 e. The maximum atomic E-state index is 10.8. The molecule has 88 valence electrons. The monoisotopic (exact) mass is 252 g/mol. The fourth-order valence-corrected chi connectivity index (χ4v) is 1.14. The molecule has 0 amide bonds. The summed E-state index contributed by atoms with van der Waals surface area (Å²) in [5.41, 5.74) is 2.07. The predicted molar refractivity (Wildman–Crippen MR) is 62.9 cm³/mol. The van der Waals surface area contributed by atoms with E-state index >= 15 is 0 Å². The Balaban J connectivity index is 2.99. The van der Waals surface area contributed by atoms with Crippen LogP contribution in [0.25, 0.3) is 0 Å². The molecule has 0 radical (unpaired) electrons. The third-order valence-corrected chi connectivity index (χ3v) is 2.30. The molecule has 0 spiro atoms. The van der Waals surface area contributed by atoms with E-state index in [1.54, 1.807) is 6.92 Å². The number of nitrogens with zero attached hydrogens (tertiary/aromatic N) is 2. The number of nitro groups is 1. The van der Waals surface area contributed by atoms with Crippen LogP contribution >= 0.6 is 11.6 Å². The van der Waals surface area contributed by atoms with Crippen molar-refractivity contribution in [3.63, 3.8) is 0 Å². The van der Waals surface area contributed by atoms with Crippen molar-refractivity contribution in [1.29, 1.82) is 5.26 Å². The van der Waals surface area contributed by atoms with Gasteiger partial charge in [0.25, 0.3) is 0 Å². The van der Waals surface area contributed by atoms with Crippen molar-refractivity contribution in [2.45, 2.75) is 6.92 Å². The number of hydrogen-bond donors (Lipinski definition) is 0. The lowest BCUT2D eigenvalue weighted by atomic mass is 10.2. The van der Waals surface area contributed by atoms with Crippen LogP contribution in [-0.4, -0.2) is 11.5 Å². The first-order chi connectivity index (χ1) is 8.08. The third-order valence-electron chi connectivity index (χ3n) is 1.93. The van der Waals surface area contributed by atoms with Gasteiger partial charge in [0.05, 0.1) is 16.6 Å². The smallest absolute Gasteiger partial charge is 0.312 e. The van der Waals surface area contributed by atoms with Gasteiger partial charge in [-0.2, -0.15) is 5.26 Å². The van der Waals surface area contributed by atoms with Crippen molar-refractivity contribution in [2.24, 2.45) is 0 Å². The van der Waals surface area contributed by atoms with Gasteiger partial charge in [0.15, 0.2) is 5.75 Å². The number of hydrogen-bond acceptors (Lipinski definition) is 4. The zero-order chi connectivity index (χ0) is 12.8. The average Bonchev–Trinajstić information content (AvgIpc) is 2.35. The van der Waals surface area contributed by atoms with E-state index in [9.17, 15) is 10.1 Å². The van der Waals surface area contributed by atoms with E-state index in [4.69, 9.17) is 21.6 Å². The van der Waals surface area contributed by atoms with Crippen molar-refractivity contribution in [1.82, 2.24) is 0 Å². The topological polar surface area (TPSA) is 76.2 Å². The van der Waals surface area contributed by atoms with Crippen molar-refractivity contribution in [3.8, 4) is 11.8 Å². The second-order valence-corrected chi connectivity index (χ2v) is 3.51. The predicted octanol–water partition coefficient (Wildman–Crippen LogP) is 2.99. The van der Waals surface area contributed by atoms with E-state index in [0.29, 0.717) is 0 Å². The van der Waals surface area contributed by atoms with Crippen molar-refractivity contribution in [3.05, 3.63) is 45.0 Å². The Bertz CT molecular complexity index is 506. The first-order valence-corrected chi connectivity index (χ1v) is 5.09. The molecule has 1 aromatic rings. The molecule has 0 heterocycles. The van der Waals surface area contributed by atoms with Gasteiger partial charge >= 0.3 is 5.69 Å². The molecule has 0 aromatic heterocycles. The zero-order valence-electron chi connectivity index (χ0n) is 9.01. The van der Waals surface area contributed by atoms with E-state index in [1.807, 2.05) is 6.07 Å². The van der Waals surface area contributed by atoms with Gasteiger partial charge in [-0.1, -0.05) is 11.6 Å². The summed E-state index contributed by atoms with van der Waals surface area (Å²) in [5.74, 6) is 0.117. The Morgan fingerprint density at radius 1 is 1.71 bits per heavy atom. The van der Waals surface area contributed by atoms with Gasteiger partial charge in [-0.3, -0.25) is 10.1 Å². The van der Waals surface area contributed by atoms with Crippen LogP contribution in [0.1, 0.15) is 12.5 Å². The van der Waals surface area contributed by atoms with Crippen LogP contribution < -0.4 is 4.74 Å². The minimum absolute atomic E-state index is 0.117. The number of ether oxygens (including phenoxy) is 1. The SMILES string of the molecule is C/C(=C/Cl)COc1ccc(C#N)cc1[N+](=O)[O-]. The van der Waals surface area contributed by atoms with E-state index < -0.39 is 4.92 Å². The highest BCUT2D eigenvalue weighted by molar-refractivity contribution is 6.25. The Labute approximate surface area is 103 Å². The second-order valence-electron chi connectivity index (χ2n) is 3.30. The maximum absolute atomic E-state index is 10.8. The number of rotatable bonds is 4. The van der Waals surface area contributed by atoms with Crippen LogP contribution in [0.5, 0.6) is 5.75 Å². The molecule has 0 aliphatic heterocycles. The molecule has 0 unspecified atom stereocenters. The normalized spacial score (nSPS) is 10.8. The molecule has 0 N–H and O–H groups in total. The van der Waals surface area contributed by atoms with Crippen molar-refractivity contribution in [2.75, 3.05) is 6.61 Å². The lowest BCUT2D eigenvalue weighted by Crippen LogP contribution is -2.01. The van der Waals surface area contributed by atoms with E-state index in [2.05, 4.69) is 0 Å². The summed E-state index contributed by atoms with van der Waals surface area (Å²) in [5, 5.41) is 19.4. The van der Waals surface area contributed by atoms with Gasteiger partial charge in [0, 0.05) is 11.6 Å². The summed E-state index contributed by atoms with van der Waals surface area (Å²) in [6, 6.07) is 5.87. The lowest BCUT2D eigenvalue weighted by Gasteiger charge is -2.06. The zero-order valence-corrected chi connectivity index (χ0v) is 9.77. The van der Waals surface area contributed by atoms with Gasteiger partial charge < -0.3 is 4.74 Å². The highest BCUT2D eigenvalue weighted by atomic mass is 35.5. The second kappa shape index (κ2) is 5.87. The summed E-state index contributed by atoms with van der Waals surface area (Å²) in [6.07, 6.45) is 0. The summed E-state index contributed by atoms with van der Waals surface area (Å²) < 4.78 is 5.25. The number of nitro benzene ring substituents is 1. The fraction of sp³-hybridized carbons (Fsp3) is 0.182. The molecular formula is C11H9ClN2O3. The number of halogens is 1. The van der Waals surface area contributed by atoms with Gasteiger partial charge in [-0.15, -0.1) is 0 Å². The first-order valence-electron chi connectivity index (χ1n) is 4.65. The Kier molecular flexibility index (Phi) is 4.49. The number of benzene rings is 1. The van der Waals surface area contributed by atoms with E-state index in [-0.39, 0.29) is 23.6 Å². The van der Waals surface area contributed by atoms with Crippen LogP contribution in [0.15, 0.2) is 29.3 Å². The maximum Gasteiger partial charge on any atom is 0.312 e. The van der Waals surface area contributed by atoms with Crippen molar-refractivity contribution < 1.29 is 9.66 Å². The molecule has 17 heavy (non-hydrogen) atoms. The van der Waals surface area contributed by atoms with E-state index in [0.717, 1.165) is 5.57 Å². The molecule has 0 aliphatic carbocycles. The molecule has 0 saturated carbocycles. The third kappa shape index (κ3) is 3.47. The molecular weight excluding hydrogens is 244 g/mol. The van der Waals surface area contributed by atoms with Gasteiger partial charge in [0.2, 0.25) is 0 Å². The average molecular weight is 253 g/mol. The molecule has 5 nitrogen and oxygen atoms in total. The molecule has 1 aromatic carbocycles. The van der Waals surface area contributed by atoms with Crippen LogP contribution in [0.3, 0.4) is 0 Å². The fourth-order valence-electron chi connectivity index (χ4n) is 1.07. The molecule has 0 aliphatic rings. The molecule has 6 heteroatoms. The first kappa shape index (κ1) is 13.0. The molecule has 0 bridgehead atoms. The number of nitriles is 1. The molecule has 0 saturated heterocycles. The quantitative estimate of drug-likeness (QED) is 0.610. The summed E-state index contributed by atoms with van der Waals surface area (Å²) >= 11 is 5.45. The van der Waals surface area contributed by atoms with Crippen LogP contribution in [0, 0.1) is 21.4 Å². The van der Waals surface area contributed by atoms with E-state index in [1.165, 1.54) is 23.7 Å². The van der Waals surface area contributed by atoms with Gasteiger partial charge in [0.1, 0.15) is 6.61 Å². The summed E-state index contributed by atoms with van der Waals surface area (Å²) in [6.45, 7) is 1.90. The van der Waals surface area contributed by atoms with Crippen LogP contribution in [-0.2, 0) is 0 Å². The Hall–Kier alpha value is -2.06. The largest absolute Gasteiger partial charge is 0.482 e. The Morgan fingerprint density at radius 2 is 2.41 bits per heavy atom. The van der Waals surface area contributed by atoms with Crippen LogP contribution in [0.2, 0.25) is 0 Å². The van der Waals surface area contributed by atoms with Crippen molar-refractivity contribution >= 4 is 17.3 Å².